The number of hydrogen-bond acceptors (Lipinski definition) is 5. The molecule has 3 aromatic rings. The van der Waals surface area contributed by atoms with Gasteiger partial charge in [0.25, 0.3) is 0 Å². The molecule has 0 bridgehead atoms. The molecule has 0 spiro atoms. The first-order chi connectivity index (χ1) is 11.7. The number of piperidine rings is 1. The van der Waals surface area contributed by atoms with Gasteiger partial charge in [-0.1, -0.05) is 12.1 Å². The molecule has 0 radical (unpaired) electrons. The van der Waals surface area contributed by atoms with Crippen LogP contribution in [0.25, 0.3) is 11.1 Å². The number of likely N-dealkylation sites (tertiary alicyclic amines) is 1. The first-order valence-corrected chi connectivity index (χ1v) is 8.21. The lowest BCUT2D eigenvalue weighted by Gasteiger charge is -2.33. The van der Waals surface area contributed by atoms with Crippen LogP contribution < -0.4 is 0 Å². The van der Waals surface area contributed by atoms with Crippen LogP contribution in [0, 0.1) is 0 Å². The number of oxazole rings is 1. The van der Waals surface area contributed by atoms with Crippen LogP contribution >= 0.6 is 0 Å². The van der Waals surface area contributed by atoms with Crippen molar-refractivity contribution < 1.29 is 9.21 Å². The minimum absolute atomic E-state index is 0.0568. The van der Waals surface area contributed by atoms with Crippen LogP contribution in [-0.2, 0) is 4.79 Å². The lowest BCUT2D eigenvalue weighted by molar-refractivity contribution is -0.135. The predicted octanol–water partition coefficient (Wildman–Crippen LogP) is 2.39. The van der Waals surface area contributed by atoms with E-state index in [4.69, 9.17) is 4.42 Å². The summed E-state index contributed by atoms with van der Waals surface area (Å²) in [6, 6.07) is 7.40. The van der Waals surface area contributed by atoms with Crippen molar-refractivity contribution in [2.24, 2.45) is 0 Å². The average molecular weight is 325 g/mol. The second kappa shape index (κ2) is 6.07. The van der Waals surface area contributed by atoms with Crippen LogP contribution in [0.15, 0.2) is 41.3 Å². The smallest absolute Gasteiger partial charge is 0.247 e. The normalized spacial score (nSPS) is 19.5. The number of fused-ring (bicyclic) bond motifs is 1. The topological polar surface area (TPSA) is 77.0 Å². The van der Waals surface area contributed by atoms with Crippen molar-refractivity contribution in [2.45, 2.75) is 31.7 Å². The van der Waals surface area contributed by atoms with E-state index in [1.54, 1.807) is 11.0 Å². The summed E-state index contributed by atoms with van der Waals surface area (Å²) >= 11 is 0. The third-order valence-electron chi connectivity index (χ3n) is 4.58. The fourth-order valence-electron chi connectivity index (χ4n) is 3.24. The Morgan fingerprint density at radius 3 is 3.04 bits per heavy atom. The van der Waals surface area contributed by atoms with E-state index < -0.39 is 0 Å². The first kappa shape index (κ1) is 14.9. The van der Waals surface area contributed by atoms with Crippen LogP contribution in [0.2, 0.25) is 0 Å². The van der Waals surface area contributed by atoms with Gasteiger partial charge < -0.3 is 9.32 Å². The summed E-state index contributed by atoms with van der Waals surface area (Å²) in [6.45, 7) is 3.24. The number of para-hydroxylation sites is 2. The van der Waals surface area contributed by atoms with Gasteiger partial charge in [-0.3, -0.25) is 4.79 Å². The molecular formula is C17H19N5O2. The molecule has 0 N–H and O–H groups in total. The number of benzene rings is 1. The highest BCUT2D eigenvalue weighted by Crippen LogP contribution is 2.29. The van der Waals surface area contributed by atoms with E-state index in [9.17, 15) is 4.79 Å². The Bertz CT molecular complexity index is 809. The Hall–Kier alpha value is -2.70. The number of rotatable bonds is 3. The fourth-order valence-corrected chi connectivity index (χ4v) is 3.24. The summed E-state index contributed by atoms with van der Waals surface area (Å²) < 4.78 is 7.48. The Morgan fingerprint density at radius 1 is 1.38 bits per heavy atom. The number of amides is 1. The van der Waals surface area contributed by atoms with Gasteiger partial charge in [-0.15, -0.1) is 0 Å². The zero-order chi connectivity index (χ0) is 16.5. The van der Waals surface area contributed by atoms with E-state index in [0.717, 1.165) is 36.4 Å². The summed E-state index contributed by atoms with van der Waals surface area (Å²) in [6.07, 6.45) is 4.94. The molecule has 0 saturated carbocycles. The van der Waals surface area contributed by atoms with E-state index in [0.29, 0.717) is 6.54 Å². The molecule has 0 aliphatic carbocycles. The van der Waals surface area contributed by atoms with Gasteiger partial charge in [0, 0.05) is 13.1 Å². The molecule has 1 amide bonds. The Morgan fingerprint density at radius 2 is 2.25 bits per heavy atom. The molecule has 3 heterocycles. The number of carbonyl (C=O) groups excluding carboxylic acids is 1. The van der Waals surface area contributed by atoms with Gasteiger partial charge in [-0.25, -0.2) is 14.6 Å². The third kappa shape index (κ3) is 2.66. The van der Waals surface area contributed by atoms with Crippen LogP contribution in [-0.4, -0.2) is 43.6 Å². The second-order valence-electron chi connectivity index (χ2n) is 6.19. The largest absolute Gasteiger partial charge is 0.440 e. The number of aromatic nitrogens is 4. The molecule has 2 aromatic heterocycles. The van der Waals surface area contributed by atoms with Crippen molar-refractivity contribution in [3.05, 3.63) is 42.8 Å². The van der Waals surface area contributed by atoms with Gasteiger partial charge in [-0.05, 0) is 31.9 Å². The molecule has 4 rings (SSSR count). The maximum absolute atomic E-state index is 12.7. The summed E-state index contributed by atoms with van der Waals surface area (Å²) in [5, 5.41) is 4.07. The Labute approximate surface area is 139 Å². The van der Waals surface area contributed by atoms with Crippen molar-refractivity contribution in [3.63, 3.8) is 0 Å². The van der Waals surface area contributed by atoms with Crippen LogP contribution in [0.5, 0.6) is 0 Å². The molecular weight excluding hydrogens is 306 g/mol. The quantitative estimate of drug-likeness (QED) is 0.739. The molecule has 1 saturated heterocycles. The predicted molar refractivity (Wildman–Crippen MR) is 87.3 cm³/mol. The zero-order valence-electron chi connectivity index (χ0n) is 13.5. The van der Waals surface area contributed by atoms with Gasteiger partial charge in [0.2, 0.25) is 5.91 Å². The van der Waals surface area contributed by atoms with Gasteiger partial charge in [0.05, 0.1) is 5.92 Å². The number of nitrogens with zero attached hydrogens (tertiary/aromatic N) is 5. The lowest BCUT2D eigenvalue weighted by Crippen LogP contribution is -2.42. The molecule has 1 aliphatic heterocycles. The fraction of sp³-hybridized carbons (Fsp3) is 0.412. The van der Waals surface area contributed by atoms with Gasteiger partial charge >= 0.3 is 0 Å². The van der Waals surface area contributed by atoms with Crippen molar-refractivity contribution >= 4 is 17.0 Å². The summed E-state index contributed by atoms with van der Waals surface area (Å²) in [5.74, 6) is 0.918. The standard InChI is InChI=1S/C17H19N5O2/c1-12(22-11-18-10-19-22)17(23)21-8-4-5-13(9-21)16-20-14-6-2-3-7-15(14)24-16/h2-3,6-7,10-13H,4-5,8-9H2,1H3. The van der Waals surface area contributed by atoms with Crippen molar-refractivity contribution in [1.29, 1.82) is 0 Å². The zero-order valence-corrected chi connectivity index (χ0v) is 13.5. The number of carbonyl (C=O) groups is 1. The highest BCUT2D eigenvalue weighted by molar-refractivity contribution is 5.80. The minimum Gasteiger partial charge on any atom is -0.440 e. The Kier molecular flexibility index (Phi) is 3.76. The second-order valence-corrected chi connectivity index (χ2v) is 6.19. The number of hydrogen-bond donors (Lipinski definition) is 0. The van der Waals surface area contributed by atoms with Crippen molar-refractivity contribution in [1.82, 2.24) is 24.6 Å². The third-order valence-corrected chi connectivity index (χ3v) is 4.58. The van der Waals surface area contributed by atoms with Gasteiger partial charge in [0.1, 0.15) is 24.2 Å². The van der Waals surface area contributed by atoms with Gasteiger partial charge in [0.15, 0.2) is 11.5 Å². The van der Waals surface area contributed by atoms with Crippen LogP contribution in [0.3, 0.4) is 0 Å². The molecule has 1 aliphatic rings. The molecule has 7 heteroatoms. The maximum atomic E-state index is 12.7. The summed E-state index contributed by atoms with van der Waals surface area (Å²) in [4.78, 5) is 23.1. The molecule has 124 valence electrons. The highest BCUT2D eigenvalue weighted by atomic mass is 16.3. The molecule has 1 fully saturated rings. The SMILES string of the molecule is CC(C(=O)N1CCCC(c2nc3ccccc3o2)C1)n1cncn1. The Balaban J connectivity index is 1.52. The molecule has 2 unspecified atom stereocenters. The van der Waals surface area contributed by atoms with E-state index in [-0.39, 0.29) is 17.9 Å². The first-order valence-electron chi connectivity index (χ1n) is 8.21. The molecule has 24 heavy (non-hydrogen) atoms. The minimum atomic E-state index is -0.352. The lowest BCUT2D eigenvalue weighted by atomic mass is 9.97. The summed E-state index contributed by atoms with van der Waals surface area (Å²) in [5.41, 5.74) is 1.67. The summed E-state index contributed by atoms with van der Waals surface area (Å²) in [7, 11) is 0. The molecule has 2 atom stereocenters. The molecule has 7 nitrogen and oxygen atoms in total. The molecule has 1 aromatic carbocycles. The monoisotopic (exact) mass is 325 g/mol. The van der Waals surface area contributed by atoms with Crippen LogP contribution in [0.4, 0.5) is 0 Å². The van der Waals surface area contributed by atoms with E-state index in [2.05, 4.69) is 15.1 Å². The van der Waals surface area contributed by atoms with E-state index in [1.165, 1.54) is 6.33 Å². The van der Waals surface area contributed by atoms with E-state index in [1.807, 2.05) is 36.1 Å². The van der Waals surface area contributed by atoms with Gasteiger partial charge in [-0.2, -0.15) is 5.10 Å². The van der Waals surface area contributed by atoms with Crippen LogP contribution in [0.1, 0.15) is 37.6 Å². The van der Waals surface area contributed by atoms with Crippen molar-refractivity contribution in [3.8, 4) is 0 Å². The average Bonchev–Trinajstić information content (AvgIpc) is 3.30. The maximum Gasteiger partial charge on any atom is 0.247 e. The van der Waals surface area contributed by atoms with E-state index >= 15 is 0 Å². The highest BCUT2D eigenvalue weighted by Gasteiger charge is 2.30. The van der Waals surface area contributed by atoms with Crippen molar-refractivity contribution in [2.75, 3.05) is 13.1 Å².